The smallest absolute Gasteiger partial charge is 0.0717 e. The van der Waals surface area contributed by atoms with Gasteiger partial charge in [0.2, 0.25) is 0 Å². The number of halogens is 1. The first-order valence-corrected chi connectivity index (χ1v) is 6.47. The van der Waals surface area contributed by atoms with Crippen molar-refractivity contribution < 1.29 is 0 Å². The van der Waals surface area contributed by atoms with Gasteiger partial charge in [0.25, 0.3) is 0 Å². The van der Waals surface area contributed by atoms with E-state index < -0.39 is 0 Å². The van der Waals surface area contributed by atoms with Gasteiger partial charge in [0.1, 0.15) is 0 Å². The zero-order chi connectivity index (χ0) is 12.5. The Morgan fingerprint density at radius 3 is 2.83 bits per heavy atom. The lowest BCUT2D eigenvalue weighted by Gasteiger charge is -2.07. The lowest BCUT2D eigenvalue weighted by molar-refractivity contribution is 0.807. The molecule has 0 aliphatic carbocycles. The van der Waals surface area contributed by atoms with Crippen molar-refractivity contribution in [1.29, 1.82) is 0 Å². The van der Waals surface area contributed by atoms with Gasteiger partial charge in [0, 0.05) is 22.3 Å². The molecule has 2 N–H and O–H groups in total. The summed E-state index contributed by atoms with van der Waals surface area (Å²) < 4.78 is 3.11. The van der Waals surface area contributed by atoms with Gasteiger partial charge in [-0.1, -0.05) is 12.1 Å². The Morgan fingerprint density at radius 2 is 2.06 bits per heavy atom. The van der Waals surface area contributed by atoms with Gasteiger partial charge in [-0.2, -0.15) is 0 Å². The van der Waals surface area contributed by atoms with Crippen LogP contribution in [0.1, 0.15) is 5.69 Å². The van der Waals surface area contributed by atoms with Crippen LogP contribution in [0.15, 0.2) is 53.3 Å². The number of fused-ring (bicyclic) bond motifs is 1. The second-order valence-corrected chi connectivity index (χ2v) is 5.11. The summed E-state index contributed by atoms with van der Waals surface area (Å²) in [5.74, 6) is 0. The van der Waals surface area contributed by atoms with Gasteiger partial charge in [-0.25, -0.2) is 0 Å². The third-order valence-electron chi connectivity index (χ3n) is 2.94. The predicted octanol–water partition coefficient (Wildman–Crippen LogP) is 3.43. The van der Waals surface area contributed by atoms with E-state index >= 15 is 0 Å². The number of nitrogen functional groups attached to an aromatic ring is 1. The first-order valence-electron chi connectivity index (χ1n) is 5.68. The molecule has 4 heteroatoms. The van der Waals surface area contributed by atoms with Gasteiger partial charge >= 0.3 is 0 Å². The Bertz CT molecular complexity index is 686. The molecule has 0 unspecified atom stereocenters. The monoisotopic (exact) mass is 301 g/mol. The molecule has 3 nitrogen and oxygen atoms in total. The highest BCUT2D eigenvalue weighted by atomic mass is 79.9. The fourth-order valence-electron chi connectivity index (χ4n) is 2.10. The second kappa shape index (κ2) is 4.46. The maximum absolute atomic E-state index is 6.03. The molecule has 0 amide bonds. The van der Waals surface area contributed by atoms with Crippen molar-refractivity contribution in [2.45, 2.75) is 6.54 Å². The number of rotatable bonds is 2. The summed E-state index contributed by atoms with van der Waals surface area (Å²) in [4.78, 5) is 4.38. The van der Waals surface area contributed by atoms with E-state index in [4.69, 9.17) is 5.73 Å². The number of benzene rings is 1. The molecule has 2 aromatic heterocycles. The molecule has 0 bridgehead atoms. The van der Waals surface area contributed by atoms with Crippen LogP contribution in [0.5, 0.6) is 0 Å². The number of pyridine rings is 1. The van der Waals surface area contributed by atoms with E-state index in [9.17, 15) is 0 Å². The molecule has 0 aliphatic rings. The minimum atomic E-state index is 0.727. The molecular weight excluding hydrogens is 290 g/mol. The molecule has 2 heterocycles. The Balaban J connectivity index is 2.02. The number of aromatic nitrogens is 2. The number of hydrogen-bond acceptors (Lipinski definition) is 2. The van der Waals surface area contributed by atoms with E-state index in [0.29, 0.717) is 0 Å². The Morgan fingerprint density at radius 1 is 1.17 bits per heavy atom. The van der Waals surface area contributed by atoms with Crippen molar-refractivity contribution in [2.24, 2.45) is 0 Å². The summed E-state index contributed by atoms with van der Waals surface area (Å²) in [7, 11) is 0. The van der Waals surface area contributed by atoms with Crippen LogP contribution in [0.3, 0.4) is 0 Å². The predicted molar refractivity (Wildman–Crippen MR) is 77.4 cm³/mol. The number of para-hydroxylation sites is 1. The molecule has 3 rings (SSSR count). The van der Waals surface area contributed by atoms with Crippen molar-refractivity contribution in [3.8, 4) is 0 Å². The van der Waals surface area contributed by atoms with Gasteiger partial charge in [0.05, 0.1) is 23.4 Å². The van der Waals surface area contributed by atoms with Crippen molar-refractivity contribution in [2.75, 3.05) is 5.73 Å². The zero-order valence-electron chi connectivity index (χ0n) is 9.68. The Labute approximate surface area is 113 Å². The molecule has 90 valence electrons. The molecule has 1 aromatic carbocycles. The molecule has 18 heavy (non-hydrogen) atoms. The zero-order valence-corrected chi connectivity index (χ0v) is 11.3. The minimum Gasteiger partial charge on any atom is -0.397 e. The molecular formula is C14H12BrN3. The maximum atomic E-state index is 6.03. The summed E-state index contributed by atoms with van der Waals surface area (Å²) in [6.45, 7) is 0.727. The van der Waals surface area contributed by atoms with Crippen LogP contribution in [0.4, 0.5) is 5.69 Å². The molecule has 0 saturated heterocycles. The summed E-state index contributed by atoms with van der Waals surface area (Å²) in [5.41, 5.74) is 8.92. The average molecular weight is 302 g/mol. The third-order valence-corrected chi connectivity index (χ3v) is 3.41. The Hall–Kier alpha value is -1.81. The summed E-state index contributed by atoms with van der Waals surface area (Å²) >= 11 is 3.39. The third kappa shape index (κ3) is 1.99. The second-order valence-electron chi connectivity index (χ2n) is 4.20. The van der Waals surface area contributed by atoms with Crippen LogP contribution in [0.2, 0.25) is 0 Å². The van der Waals surface area contributed by atoms with Crippen molar-refractivity contribution in [1.82, 2.24) is 9.55 Å². The first-order chi connectivity index (χ1) is 8.74. The van der Waals surface area contributed by atoms with Gasteiger partial charge < -0.3 is 10.3 Å². The minimum absolute atomic E-state index is 0.727. The lowest BCUT2D eigenvalue weighted by Crippen LogP contribution is -2.01. The fraction of sp³-hybridized carbons (Fsp3) is 0.0714. The van der Waals surface area contributed by atoms with Gasteiger partial charge in [-0.05, 0) is 40.2 Å². The highest BCUT2D eigenvalue weighted by Crippen LogP contribution is 2.22. The van der Waals surface area contributed by atoms with Crippen LogP contribution in [0, 0.1) is 0 Å². The molecule has 0 radical (unpaired) electrons. The molecule has 0 saturated carbocycles. The highest BCUT2D eigenvalue weighted by Gasteiger charge is 2.05. The molecule has 0 atom stereocenters. The summed E-state index contributed by atoms with van der Waals surface area (Å²) in [6.07, 6.45) is 3.86. The van der Waals surface area contributed by atoms with Gasteiger partial charge in [0.15, 0.2) is 0 Å². The number of nitrogens with two attached hydrogens (primary N) is 1. The van der Waals surface area contributed by atoms with E-state index in [1.54, 1.807) is 0 Å². The Kier molecular flexibility index (Phi) is 2.80. The number of anilines is 1. The number of hydrogen-bond donors (Lipinski definition) is 1. The molecule has 0 spiro atoms. The van der Waals surface area contributed by atoms with E-state index in [0.717, 1.165) is 33.3 Å². The largest absolute Gasteiger partial charge is 0.397 e. The topological polar surface area (TPSA) is 43.8 Å². The maximum Gasteiger partial charge on any atom is 0.0717 e. The lowest BCUT2D eigenvalue weighted by atomic mass is 10.2. The normalized spacial score (nSPS) is 10.9. The van der Waals surface area contributed by atoms with Gasteiger partial charge in [-0.3, -0.25) is 4.98 Å². The van der Waals surface area contributed by atoms with Crippen molar-refractivity contribution in [3.63, 3.8) is 0 Å². The van der Waals surface area contributed by atoms with Crippen LogP contribution in [-0.4, -0.2) is 9.55 Å². The highest BCUT2D eigenvalue weighted by molar-refractivity contribution is 9.10. The van der Waals surface area contributed by atoms with Crippen LogP contribution in [-0.2, 0) is 6.54 Å². The fourth-order valence-corrected chi connectivity index (χ4v) is 2.33. The molecule has 3 aromatic rings. The molecule has 0 fully saturated rings. The summed E-state index contributed by atoms with van der Waals surface area (Å²) in [5, 5.41) is 1.16. The quantitative estimate of drug-likeness (QED) is 0.737. The number of nitrogens with zero attached hydrogens (tertiary/aromatic N) is 2. The van der Waals surface area contributed by atoms with Crippen LogP contribution >= 0.6 is 15.9 Å². The standard InChI is InChI=1S/C14H12BrN3/c15-11-4-5-12(17-8-11)9-18-7-6-10-2-1-3-13(16)14(10)18/h1-8H,9,16H2. The van der Waals surface area contributed by atoms with Crippen molar-refractivity contribution in [3.05, 3.63) is 59.0 Å². The molecule has 0 aliphatic heterocycles. The van der Waals surface area contributed by atoms with E-state index in [2.05, 4.69) is 37.6 Å². The first kappa shape index (κ1) is 11.3. The van der Waals surface area contributed by atoms with E-state index in [-0.39, 0.29) is 0 Å². The van der Waals surface area contributed by atoms with Gasteiger partial charge in [-0.15, -0.1) is 0 Å². The average Bonchev–Trinajstić information content (AvgIpc) is 2.77. The van der Waals surface area contributed by atoms with E-state index in [1.165, 1.54) is 0 Å². The van der Waals surface area contributed by atoms with Crippen LogP contribution < -0.4 is 5.73 Å². The summed E-state index contributed by atoms with van der Waals surface area (Å²) in [6, 6.07) is 12.0. The van der Waals surface area contributed by atoms with E-state index in [1.807, 2.05) is 36.7 Å². The SMILES string of the molecule is Nc1cccc2ccn(Cc3ccc(Br)cn3)c12. The van der Waals surface area contributed by atoms with Crippen molar-refractivity contribution >= 4 is 32.5 Å². The van der Waals surface area contributed by atoms with Crippen LogP contribution in [0.25, 0.3) is 10.9 Å².